The van der Waals surface area contributed by atoms with Crippen molar-refractivity contribution in [3.05, 3.63) is 82.3 Å². The molecule has 0 amide bonds. The molecule has 0 radical (unpaired) electrons. The van der Waals surface area contributed by atoms with E-state index in [0.717, 1.165) is 11.1 Å². The molecule has 0 aliphatic rings. The number of aryl methyl sites for hydroxylation is 1. The summed E-state index contributed by atoms with van der Waals surface area (Å²) < 4.78 is 12.0. The molecule has 7 nitrogen and oxygen atoms in total. The van der Waals surface area contributed by atoms with Gasteiger partial charge in [-0.25, -0.2) is 4.68 Å². The Labute approximate surface area is 167 Å². The highest BCUT2D eigenvalue weighted by molar-refractivity contribution is 5.92. The van der Waals surface area contributed by atoms with Crippen LogP contribution in [0.3, 0.4) is 0 Å². The van der Waals surface area contributed by atoms with Gasteiger partial charge in [0, 0.05) is 5.56 Å². The fourth-order valence-corrected chi connectivity index (χ4v) is 3.20. The van der Waals surface area contributed by atoms with Gasteiger partial charge in [-0.05, 0) is 12.5 Å². The molecule has 1 N–H and O–H groups in total. The van der Waals surface area contributed by atoms with Gasteiger partial charge in [-0.3, -0.25) is 4.79 Å². The number of aromatic nitrogens is 3. The molecule has 29 heavy (non-hydrogen) atoms. The molecule has 0 bridgehead atoms. The topological polar surface area (TPSA) is 90.4 Å². The highest BCUT2D eigenvalue weighted by atomic mass is 16.5. The van der Waals surface area contributed by atoms with Crippen molar-refractivity contribution in [3.63, 3.8) is 0 Å². The van der Waals surface area contributed by atoms with Crippen LogP contribution in [0.2, 0.25) is 0 Å². The number of ether oxygens (including phenoxy) is 1. The van der Waals surface area contributed by atoms with Crippen LogP contribution in [0, 0.1) is 6.92 Å². The van der Waals surface area contributed by atoms with Gasteiger partial charge in [0.25, 0.3) is 5.56 Å². The average molecular weight is 391 g/mol. The highest BCUT2D eigenvalue weighted by Crippen LogP contribution is 2.26. The summed E-state index contributed by atoms with van der Waals surface area (Å²) in [7, 11) is 0. The lowest BCUT2D eigenvalue weighted by Crippen LogP contribution is -2.31. The molecule has 4 aromatic rings. The zero-order chi connectivity index (χ0) is 20.2. The van der Waals surface area contributed by atoms with Crippen molar-refractivity contribution in [3.8, 4) is 11.3 Å². The van der Waals surface area contributed by atoms with Gasteiger partial charge in [0.15, 0.2) is 5.52 Å². The molecule has 0 saturated carbocycles. The molecular weight excluding hydrogens is 370 g/mol. The lowest BCUT2D eigenvalue weighted by Gasteiger charge is -2.14. The van der Waals surface area contributed by atoms with E-state index in [2.05, 4.69) is 10.3 Å². The Morgan fingerprint density at radius 1 is 1.10 bits per heavy atom. The molecule has 0 saturated heterocycles. The summed E-state index contributed by atoms with van der Waals surface area (Å²) in [5, 5.41) is 19.4. The van der Waals surface area contributed by atoms with E-state index in [1.807, 2.05) is 60.7 Å². The van der Waals surface area contributed by atoms with Crippen molar-refractivity contribution < 1.29 is 14.4 Å². The van der Waals surface area contributed by atoms with Crippen molar-refractivity contribution in [2.75, 3.05) is 6.61 Å². The van der Waals surface area contributed by atoms with E-state index in [9.17, 15) is 9.90 Å². The monoisotopic (exact) mass is 391 g/mol. The number of hydrogen-bond acceptors (Lipinski definition) is 6. The Morgan fingerprint density at radius 3 is 2.52 bits per heavy atom. The third-order valence-electron chi connectivity index (χ3n) is 4.61. The smallest absolute Gasteiger partial charge is 0.296 e. The minimum Gasteiger partial charge on any atom is -0.389 e. The van der Waals surface area contributed by atoms with Gasteiger partial charge in [0.05, 0.1) is 31.2 Å². The van der Waals surface area contributed by atoms with E-state index in [1.54, 1.807) is 6.92 Å². The van der Waals surface area contributed by atoms with Crippen LogP contribution in [0.15, 0.2) is 70.0 Å². The van der Waals surface area contributed by atoms with Crippen LogP contribution < -0.4 is 5.56 Å². The lowest BCUT2D eigenvalue weighted by molar-refractivity contribution is 0.0181. The number of rotatable bonds is 7. The van der Waals surface area contributed by atoms with Crippen molar-refractivity contribution in [2.45, 2.75) is 26.2 Å². The molecule has 0 aliphatic carbocycles. The van der Waals surface area contributed by atoms with Crippen LogP contribution in [-0.4, -0.2) is 32.8 Å². The highest BCUT2D eigenvalue weighted by Gasteiger charge is 2.20. The van der Waals surface area contributed by atoms with E-state index in [-0.39, 0.29) is 18.7 Å². The van der Waals surface area contributed by atoms with E-state index in [0.29, 0.717) is 23.4 Å². The largest absolute Gasteiger partial charge is 0.389 e. The Bertz CT molecular complexity index is 1150. The molecule has 148 valence electrons. The first kappa shape index (κ1) is 19.0. The average Bonchev–Trinajstić information content (AvgIpc) is 3.13. The number of nitrogens with zero attached hydrogens (tertiary/aromatic N) is 3. The summed E-state index contributed by atoms with van der Waals surface area (Å²) in [5.74, 6) is 0.530. The predicted octanol–water partition coefficient (Wildman–Crippen LogP) is 2.94. The number of aliphatic hydroxyl groups excluding tert-OH is 1. The zero-order valence-corrected chi connectivity index (χ0v) is 16.0. The van der Waals surface area contributed by atoms with Crippen molar-refractivity contribution in [2.24, 2.45) is 0 Å². The summed E-state index contributed by atoms with van der Waals surface area (Å²) in [4.78, 5) is 12.8. The second-order valence-corrected chi connectivity index (χ2v) is 6.82. The molecule has 7 heteroatoms. The zero-order valence-electron chi connectivity index (χ0n) is 16.0. The Balaban J connectivity index is 1.57. The standard InChI is InChI=1S/C22H21N3O4/c1-15-19-20(17-10-6-3-7-11-17)23-25(22(27)21(19)24-29-15)12-18(26)14-28-13-16-8-4-2-5-9-16/h2-11,18,26H,12-14H2,1H3. The minimum atomic E-state index is -0.891. The van der Waals surface area contributed by atoms with Gasteiger partial charge in [-0.2, -0.15) is 5.10 Å². The number of hydrogen-bond donors (Lipinski definition) is 1. The van der Waals surface area contributed by atoms with Crippen molar-refractivity contribution in [1.82, 2.24) is 14.9 Å². The van der Waals surface area contributed by atoms with E-state index in [4.69, 9.17) is 9.26 Å². The fraction of sp³-hybridized carbons (Fsp3) is 0.227. The first-order valence-electron chi connectivity index (χ1n) is 9.35. The Kier molecular flexibility index (Phi) is 5.50. The number of fused-ring (bicyclic) bond motifs is 1. The summed E-state index contributed by atoms with van der Waals surface area (Å²) in [6.45, 7) is 2.21. The molecule has 0 aliphatic heterocycles. The molecule has 1 unspecified atom stereocenters. The van der Waals surface area contributed by atoms with E-state index in [1.165, 1.54) is 4.68 Å². The lowest BCUT2D eigenvalue weighted by atomic mass is 10.1. The van der Waals surface area contributed by atoms with Crippen molar-refractivity contribution >= 4 is 10.9 Å². The molecule has 0 spiro atoms. The first-order valence-corrected chi connectivity index (χ1v) is 9.35. The summed E-state index contributed by atoms with van der Waals surface area (Å²) in [6.07, 6.45) is -0.891. The first-order chi connectivity index (χ1) is 14.1. The number of aliphatic hydroxyl groups is 1. The number of benzene rings is 2. The van der Waals surface area contributed by atoms with Gasteiger partial charge < -0.3 is 14.4 Å². The van der Waals surface area contributed by atoms with Gasteiger partial charge in [0.1, 0.15) is 11.5 Å². The maximum Gasteiger partial charge on any atom is 0.296 e. The fourth-order valence-electron chi connectivity index (χ4n) is 3.20. The van der Waals surface area contributed by atoms with E-state index >= 15 is 0 Å². The Hall–Kier alpha value is -3.29. The van der Waals surface area contributed by atoms with Crippen LogP contribution in [0.4, 0.5) is 0 Å². The maximum absolute atomic E-state index is 12.8. The Morgan fingerprint density at radius 2 is 1.79 bits per heavy atom. The molecule has 2 aromatic carbocycles. The van der Waals surface area contributed by atoms with Crippen molar-refractivity contribution in [1.29, 1.82) is 0 Å². The van der Waals surface area contributed by atoms with Gasteiger partial charge in [-0.15, -0.1) is 0 Å². The van der Waals surface area contributed by atoms with Crippen LogP contribution in [0.5, 0.6) is 0 Å². The molecule has 0 fully saturated rings. The molecular formula is C22H21N3O4. The summed E-state index contributed by atoms with van der Waals surface area (Å²) in [5.41, 5.74) is 2.25. The third kappa shape index (κ3) is 4.11. The van der Waals surface area contributed by atoms with Crippen LogP contribution >= 0.6 is 0 Å². The third-order valence-corrected chi connectivity index (χ3v) is 4.61. The predicted molar refractivity (Wildman–Crippen MR) is 108 cm³/mol. The second kappa shape index (κ2) is 8.38. The second-order valence-electron chi connectivity index (χ2n) is 6.82. The maximum atomic E-state index is 12.8. The molecule has 4 rings (SSSR count). The van der Waals surface area contributed by atoms with Crippen LogP contribution in [0.1, 0.15) is 11.3 Å². The normalized spacial score (nSPS) is 12.3. The van der Waals surface area contributed by atoms with Crippen LogP contribution in [-0.2, 0) is 17.9 Å². The van der Waals surface area contributed by atoms with Crippen LogP contribution in [0.25, 0.3) is 22.2 Å². The summed E-state index contributed by atoms with van der Waals surface area (Å²) in [6, 6.07) is 19.2. The minimum absolute atomic E-state index is 0.00466. The van der Waals surface area contributed by atoms with Gasteiger partial charge >= 0.3 is 0 Å². The van der Waals surface area contributed by atoms with E-state index < -0.39 is 11.7 Å². The SMILES string of the molecule is Cc1onc2c(=O)n(CC(O)COCc3ccccc3)nc(-c3ccccc3)c12. The van der Waals surface area contributed by atoms with Gasteiger partial charge in [-0.1, -0.05) is 65.8 Å². The molecule has 1 atom stereocenters. The summed E-state index contributed by atoms with van der Waals surface area (Å²) >= 11 is 0. The quantitative estimate of drug-likeness (QED) is 0.521. The molecule has 2 heterocycles. The van der Waals surface area contributed by atoms with Gasteiger partial charge in [0.2, 0.25) is 0 Å². The molecule has 2 aromatic heterocycles.